The van der Waals surface area contributed by atoms with Crippen molar-refractivity contribution in [3.8, 4) is 10.4 Å². The number of methoxy groups -OCH3 is 1. The summed E-state index contributed by atoms with van der Waals surface area (Å²) in [6.45, 7) is 1.61. The van der Waals surface area contributed by atoms with Crippen molar-refractivity contribution in [2.45, 2.75) is 45.6 Å². The first-order valence-electron chi connectivity index (χ1n) is 14.8. The Kier molecular flexibility index (Phi) is 10.4. The number of aromatic nitrogens is 2. The van der Waals surface area contributed by atoms with Crippen LogP contribution in [0.25, 0.3) is 20.7 Å². The molecule has 8 nitrogen and oxygen atoms in total. The molecule has 0 aliphatic rings. The largest absolute Gasteiger partial charge is 0.392 e. The van der Waals surface area contributed by atoms with Gasteiger partial charge in [-0.2, -0.15) is 0 Å². The molecule has 5 rings (SSSR count). The van der Waals surface area contributed by atoms with Crippen LogP contribution in [-0.4, -0.2) is 51.8 Å². The Bertz CT molecular complexity index is 1950. The zero-order valence-corrected chi connectivity index (χ0v) is 26.7. The van der Waals surface area contributed by atoms with Gasteiger partial charge in [-0.15, -0.1) is 11.3 Å². The molecular weight excluding hydrogens is 612 g/mol. The Balaban J connectivity index is 1.72. The second kappa shape index (κ2) is 14.4. The topological polar surface area (TPSA) is 93.8 Å². The second-order valence-electron chi connectivity index (χ2n) is 11.4. The van der Waals surface area contributed by atoms with Crippen molar-refractivity contribution in [2.75, 3.05) is 20.8 Å². The number of ketones is 1. The third kappa shape index (κ3) is 7.23. The fourth-order valence-electron chi connectivity index (χ4n) is 5.54. The molecule has 46 heavy (non-hydrogen) atoms. The number of carbonyl (C=O) groups excluding carboxylic acids is 1. The van der Waals surface area contributed by atoms with Crippen molar-refractivity contribution in [1.29, 1.82) is 0 Å². The van der Waals surface area contributed by atoms with Gasteiger partial charge in [-0.3, -0.25) is 23.6 Å². The van der Waals surface area contributed by atoms with Crippen molar-refractivity contribution in [2.24, 2.45) is 0 Å². The molecule has 1 atom stereocenters. The molecule has 0 radical (unpaired) electrons. The van der Waals surface area contributed by atoms with Crippen LogP contribution >= 0.6 is 11.3 Å². The zero-order valence-electron chi connectivity index (χ0n) is 25.8. The van der Waals surface area contributed by atoms with E-state index in [9.17, 15) is 28.3 Å². The predicted octanol–water partition coefficient (Wildman–Crippen LogP) is 4.99. The molecule has 3 aromatic carbocycles. The molecule has 0 amide bonds. The lowest BCUT2D eigenvalue weighted by atomic mass is 10.0. The molecule has 5 aromatic rings. The summed E-state index contributed by atoms with van der Waals surface area (Å²) in [4.78, 5) is 43.1. The van der Waals surface area contributed by atoms with E-state index in [4.69, 9.17) is 4.74 Å². The lowest BCUT2D eigenvalue weighted by Gasteiger charge is -2.18. The van der Waals surface area contributed by atoms with Crippen molar-refractivity contribution < 1.29 is 23.4 Å². The van der Waals surface area contributed by atoms with E-state index in [0.717, 1.165) is 33.4 Å². The van der Waals surface area contributed by atoms with Crippen molar-refractivity contribution in [3.63, 3.8) is 0 Å². The average Bonchev–Trinajstić information content (AvgIpc) is 3.38. The maximum atomic E-state index is 14.9. The predicted molar refractivity (Wildman–Crippen MR) is 175 cm³/mol. The van der Waals surface area contributed by atoms with Gasteiger partial charge in [-0.25, -0.2) is 13.6 Å². The standard InChI is InChI=1S/C35H35F2N3O5S/c1-22(41)17-39-33(43)31-28(19-38(2)18-24-8-5-4-6-9-24)32(25-14-12-23(13-15-25)16-26(42)21-45-3)46-34(31)40(35(39)44)20-27-29(36)10-7-11-30(27)37/h4-15,22,41H,16-21H2,1-3H3. The summed E-state index contributed by atoms with van der Waals surface area (Å²) in [6.07, 6.45) is -0.831. The molecule has 11 heteroatoms. The highest BCUT2D eigenvalue weighted by molar-refractivity contribution is 7.22. The normalized spacial score (nSPS) is 12.2. The summed E-state index contributed by atoms with van der Waals surface area (Å²) in [5.74, 6) is -1.69. The number of aliphatic hydroxyl groups excluding tert-OH is 1. The van der Waals surface area contributed by atoms with E-state index in [2.05, 4.69) is 0 Å². The van der Waals surface area contributed by atoms with E-state index in [1.165, 1.54) is 36.0 Å². The van der Waals surface area contributed by atoms with Crippen molar-refractivity contribution >= 4 is 27.3 Å². The first kappa shape index (κ1) is 33.1. The first-order valence-corrected chi connectivity index (χ1v) is 15.6. The maximum Gasteiger partial charge on any atom is 0.332 e. The van der Waals surface area contributed by atoms with Gasteiger partial charge in [0.1, 0.15) is 23.1 Å². The van der Waals surface area contributed by atoms with E-state index < -0.39 is 35.5 Å². The molecule has 0 saturated heterocycles. The van der Waals surface area contributed by atoms with Crippen LogP contribution in [0, 0.1) is 11.6 Å². The summed E-state index contributed by atoms with van der Waals surface area (Å²) >= 11 is 1.20. The summed E-state index contributed by atoms with van der Waals surface area (Å²) in [5, 5.41) is 10.5. The van der Waals surface area contributed by atoms with Gasteiger partial charge in [0.15, 0.2) is 5.78 Å². The molecule has 0 aliphatic heterocycles. The first-order chi connectivity index (χ1) is 22.1. The summed E-state index contributed by atoms with van der Waals surface area (Å²) in [5.41, 5.74) is 1.59. The fraction of sp³-hybridized carbons (Fsp3) is 0.286. The van der Waals surface area contributed by atoms with E-state index in [1.54, 1.807) is 0 Å². The lowest BCUT2D eigenvalue weighted by molar-refractivity contribution is -0.121. The molecule has 0 fully saturated rings. The lowest BCUT2D eigenvalue weighted by Crippen LogP contribution is -2.42. The van der Waals surface area contributed by atoms with E-state index >= 15 is 0 Å². The van der Waals surface area contributed by atoms with Gasteiger partial charge in [0.2, 0.25) is 0 Å². The molecule has 2 heterocycles. The van der Waals surface area contributed by atoms with Crippen molar-refractivity contribution in [1.82, 2.24) is 14.0 Å². The van der Waals surface area contributed by atoms with Crippen molar-refractivity contribution in [3.05, 3.63) is 128 Å². The number of hydrogen-bond acceptors (Lipinski definition) is 7. The fourth-order valence-corrected chi connectivity index (χ4v) is 6.84. The molecule has 0 aliphatic carbocycles. The van der Waals surface area contributed by atoms with Gasteiger partial charge >= 0.3 is 5.69 Å². The molecule has 0 saturated carbocycles. The van der Waals surface area contributed by atoms with Gasteiger partial charge in [0, 0.05) is 37.1 Å². The summed E-state index contributed by atoms with van der Waals surface area (Å²) in [7, 11) is 3.39. The number of benzene rings is 3. The number of thiophene rings is 1. The van der Waals surface area contributed by atoms with Crippen LogP contribution < -0.4 is 11.2 Å². The molecule has 1 N–H and O–H groups in total. The highest BCUT2D eigenvalue weighted by Crippen LogP contribution is 2.38. The Labute approximate surface area is 268 Å². The number of carbonyl (C=O) groups is 1. The minimum Gasteiger partial charge on any atom is -0.392 e. The Hall–Kier alpha value is -4.29. The number of halogens is 2. The van der Waals surface area contributed by atoms with Gasteiger partial charge in [0.05, 0.1) is 24.6 Å². The minimum absolute atomic E-state index is 0.00876. The number of aliphatic hydroxyl groups is 1. The Morgan fingerprint density at radius 2 is 1.59 bits per heavy atom. The molecule has 1 unspecified atom stereocenters. The molecule has 240 valence electrons. The van der Waals surface area contributed by atoms with Gasteiger partial charge in [-0.1, -0.05) is 60.7 Å². The number of Topliss-reactive ketones (excluding diaryl/α,β-unsaturated/α-hetero) is 1. The molecule has 0 bridgehead atoms. The third-order valence-corrected chi connectivity index (χ3v) is 8.93. The second-order valence-corrected chi connectivity index (χ2v) is 12.4. The monoisotopic (exact) mass is 647 g/mol. The minimum atomic E-state index is -1.03. The Morgan fingerprint density at radius 1 is 0.913 bits per heavy atom. The number of rotatable bonds is 13. The zero-order chi connectivity index (χ0) is 33.0. The van der Waals surface area contributed by atoms with Crippen LogP contribution in [0.15, 0.2) is 82.4 Å². The molecule has 2 aromatic heterocycles. The summed E-state index contributed by atoms with van der Waals surface area (Å²) < 4.78 is 36.8. The maximum absolute atomic E-state index is 14.9. The molecular formula is C35H35F2N3O5S. The third-order valence-electron chi connectivity index (χ3n) is 7.63. The van der Waals surface area contributed by atoms with E-state index in [1.807, 2.05) is 66.5 Å². The SMILES string of the molecule is COCC(=O)Cc1ccc(-c2sc3c(c2CN(C)Cc2ccccc2)c(=O)n(CC(C)O)c(=O)n3Cc2c(F)cccc2F)cc1. The van der Waals surface area contributed by atoms with Crippen LogP contribution in [0.1, 0.15) is 29.2 Å². The smallest absolute Gasteiger partial charge is 0.332 e. The van der Waals surface area contributed by atoms with Crippen LogP contribution in [0.3, 0.4) is 0 Å². The van der Waals surface area contributed by atoms with Crippen LogP contribution in [-0.2, 0) is 42.1 Å². The summed E-state index contributed by atoms with van der Waals surface area (Å²) in [6, 6.07) is 20.7. The van der Waals surface area contributed by atoms with Gasteiger partial charge in [0.25, 0.3) is 5.56 Å². The molecule has 0 spiro atoms. The van der Waals surface area contributed by atoms with Crippen LogP contribution in [0.2, 0.25) is 0 Å². The van der Waals surface area contributed by atoms with Gasteiger partial charge in [-0.05, 0) is 48.4 Å². The highest BCUT2D eigenvalue weighted by atomic mass is 32.1. The number of hydrogen-bond donors (Lipinski definition) is 1. The number of ether oxygens (including phenoxy) is 1. The number of nitrogens with zero attached hydrogens (tertiary/aromatic N) is 3. The number of fused-ring (bicyclic) bond motifs is 1. The van der Waals surface area contributed by atoms with E-state index in [0.29, 0.717) is 23.5 Å². The van der Waals surface area contributed by atoms with Crippen LogP contribution in [0.4, 0.5) is 8.78 Å². The van der Waals surface area contributed by atoms with Crippen LogP contribution in [0.5, 0.6) is 0 Å². The van der Waals surface area contributed by atoms with E-state index in [-0.39, 0.29) is 41.1 Å². The van der Waals surface area contributed by atoms with Gasteiger partial charge < -0.3 is 9.84 Å². The highest BCUT2D eigenvalue weighted by Gasteiger charge is 2.25. The Morgan fingerprint density at radius 3 is 2.22 bits per heavy atom. The quantitative estimate of drug-likeness (QED) is 0.194. The average molecular weight is 648 g/mol.